The lowest BCUT2D eigenvalue weighted by atomic mass is 10.1. The molecule has 8 heteroatoms. The second-order valence-corrected chi connectivity index (χ2v) is 6.78. The number of hydrazine groups is 1. The topological polar surface area (TPSA) is 88.4 Å². The van der Waals surface area contributed by atoms with Crippen molar-refractivity contribution in [3.05, 3.63) is 95.6 Å². The minimum absolute atomic E-state index is 0.0132. The molecule has 146 valence electrons. The second-order valence-electron chi connectivity index (χ2n) is 6.78. The van der Waals surface area contributed by atoms with Gasteiger partial charge in [0.1, 0.15) is 5.52 Å². The molecular formula is C22H15N5O3. The monoisotopic (exact) mass is 397 g/mol. The SMILES string of the molecule is O=C1c2ccccc2C(=O)N1N(Cc1ccccc1)C(=O)n1nnc2ccccc21. The molecule has 1 aliphatic heterocycles. The number of rotatable bonds is 3. The Hall–Kier alpha value is -4.33. The summed E-state index contributed by atoms with van der Waals surface area (Å²) in [7, 11) is 0. The summed E-state index contributed by atoms with van der Waals surface area (Å²) in [6, 6.07) is 22.0. The highest BCUT2D eigenvalue weighted by atomic mass is 16.2. The van der Waals surface area contributed by atoms with Crippen molar-refractivity contribution in [1.82, 2.24) is 25.0 Å². The second kappa shape index (κ2) is 6.93. The number of aromatic nitrogens is 3. The van der Waals surface area contributed by atoms with Crippen LogP contribution in [0.3, 0.4) is 0 Å². The molecule has 5 rings (SSSR count). The maximum absolute atomic E-state index is 13.5. The van der Waals surface area contributed by atoms with E-state index in [1.807, 2.05) is 30.3 Å². The molecule has 0 unspecified atom stereocenters. The van der Waals surface area contributed by atoms with Gasteiger partial charge in [-0.3, -0.25) is 9.59 Å². The Labute approximate surface area is 170 Å². The molecule has 4 aromatic rings. The van der Waals surface area contributed by atoms with Crippen LogP contribution in [0.4, 0.5) is 4.79 Å². The van der Waals surface area contributed by atoms with Gasteiger partial charge in [-0.2, -0.15) is 9.69 Å². The van der Waals surface area contributed by atoms with Crippen LogP contribution in [0.2, 0.25) is 0 Å². The highest BCUT2D eigenvalue weighted by molar-refractivity contribution is 6.21. The van der Waals surface area contributed by atoms with Crippen LogP contribution >= 0.6 is 0 Å². The lowest BCUT2D eigenvalue weighted by Gasteiger charge is -2.29. The summed E-state index contributed by atoms with van der Waals surface area (Å²) in [6.45, 7) is 0.0132. The Kier molecular flexibility index (Phi) is 4.10. The van der Waals surface area contributed by atoms with E-state index in [9.17, 15) is 14.4 Å². The Morgan fingerprint density at radius 3 is 2.10 bits per heavy atom. The molecule has 30 heavy (non-hydrogen) atoms. The molecule has 0 radical (unpaired) electrons. The first-order chi connectivity index (χ1) is 14.6. The molecule has 0 aliphatic carbocycles. The zero-order valence-electron chi connectivity index (χ0n) is 15.7. The van der Waals surface area contributed by atoms with Crippen molar-refractivity contribution in [1.29, 1.82) is 0 Å². The van der Waals surface area contributed by atoms with Crippen molar-refractivity contribution in [2.45, 2.75) is 6.54 Å². The summed E-state index contributed by atoms with van der Waals surface area (Å²) in [6.07, 6.45) is 0. The Morgan fingerprint density at radius 2 is 1.40 bits per heavy atom. The fourth-order valence-corrected chi connectivity index (χ4v) is 3.50. The third-order valence-electron chi connectivity index (χ3n) is 4.94. The van der Waals surface area contributed by atoms with Crippen LogP contribution in [0.25, 0.3) is 11.0 Å². The van der Waals surface area contributed by atoms with Gasteiger partial charge in [0.05, 0.1) is 23.2 Å². The van der Waals surface area contributed by atoms with Crippen molar-refractivity contribution in [2.24, 2.45) is 0 Å². The summed E-state index contributed by atoms with van der Waals surface area (Å²) >= 11 is 0. The van der Waals surface area contributed by atoms with Crippen molar-refractivity contribution >= 4 is 28.9 Å². The molecule has 0 bridgehead atoms. The van der Waals surface area contributed by atoms with Crippen LogP contribution in [-0.4, -0.2) is 42.9 Å². The van der Waals surface area contributed by atoms with Crippen molar-refractivity contribution in [3.63, 3.8) is 0 Å². The number of fused-ring (bicyclic) bond motifs is 2. The van der Waals surface area contributed by atoms with Crippen LogP contribution in [-0.2, 0) is 6.54 Å². The van der Waals surface area contributed by atoms with Crippen LogP contribution < -0.4 is 0 Å². The first-order valence-corrected chi connectivity index (χ1v) is 9.29. The number of hydrogen-bond donors (Lipinski definition) is 0. The molecule has 0 atom stereocenters. The summed E-state index contributed by atoms with van der Waals surface area (Å²) < 4.78 is 1.10. The van der Waals surface area contributed by atoms with Gasteiger partial charge in [-0.25, -0.2) is 9.80 Å². The van der Waals surface area contributed by atoms with E-state index in [-0.39, 0.29) is 17.7 Å². The predicted octanol–water partition coefficient (Wildman–Crippen LogP) is 3.11. The zero-order valence-corrected chi connectivity index (χ0v) is 15.7. The van der Waals surface area contributed by atoms with E-state index in [2.05, 4.69) is 10.3 Å². The van der Waals surface area contributed by atoms with E-state index in [1.165, 1.54) is 0 Å². The van der Waals surface area contributed by atoms with Gasteiger partial charge in [-0.1, -0.05) is 59.8 Å². The number of para-hydroxylation sites is 1. The largest absolute Gasteiger partial charge is 0.366 e. The zero-order chi connectivity index (χ0) is 20.7. The maximum Gasteiger partial charge on any atom is 0.366 e. The number of hydrogen-bond acceptors (Lipinski definition) is 5. The van der Waals surface area contributed by atoms with Crippen LogP contribution in [0.5, 0.6) is 0 Å². The van der Waals surface area contributed by atoms with Crippen LogP contribution in [0, 0.1) is 0 Å². The first kappa shape index (κ1) is 17.7. The van der Waals surface area contributed by atoms with E-state index in [0.717, 1.165) is 20.3 Å². The third kappa shape index (κ3) is 2.74. The first-order valence-electron chi connectivity index (χ1n) is 9.29. The number of imide groups is 1. The minimum atomic E-state index is -0.651. The average Bonchev–Trinajstić information content (AvgIpc) is 3.32. The van der Waals surface area contributed by atoms with Gasteiger partial charge in [0.25, 0.3) is 11.8 Å². The van der Waals surface area contributed by atoms with Crippen molar-refractivity contribution in [2.75, 3.05) is 0 Å². The van der Waals surface area contributed by atoms with Crippen LogP contribution in [0.15, 0.2) is 78.9 Å². The van der Waals surface area contributed by atoms with Gasteiger partial charge >= 0.3 is 6.03 Å². The van der Waals surface area contributed by atoms with Gasteiger partial charge in [-0.05, 0) is 29.8 Å². The predicted molar refractivity (Wildman–Crippen MR) is 107 cm³/mol. The number of amides is 3. The molecule has 0 saturated heterocycles. The average molecular weight is 397 g/mol. The molecule has 1 aromatic heterocycles. The van der Waals surface area contributed by atoms with Gasteiger partial charge in [0, 0.05) is 0 Å². The Morgan fingerprint density at radius 1 is 0.800 bits per heavy atom. The van der Waals surface area contributed by atoms with Gasteiger partial charge < -0.3 is 0 Å². The smallest absolute Gasteiger partial charge is 0.267 e. The van der Waals surface area contributed by atoms with E-state index < -0.39 is 17.8 Å². The molecule has 8 nitrogen and oxygen atoms in total. The quantitative estimate of drug-likeness (QED) is 0.496. The van der Waals surface area contributed by atoms with Crippen molar-refractivity contribution < 1.29 is 14.4 Å². The third-order valence-corrected chi connectivity index (χ3v) is 4.94. The molecule has 1 aliphatic rings. The molecule has 3 amide bonds. The summed E-state index contributed by atoms with van der Waals surface area (Å²) in [5.41, 5.74) is 2.30. The molecule has 0 saturated carbocycles. The fourth-order valence-electron chi connectivity index (χ4n) is 3.50. The molecule has 0 N–H and O–H groups in total. The lowest BCUT2D eigenvalue weighted by Crippen LogP contribution is -2.50. The van der Waals surface area contributed by atoms with Gasteiger partial charge in [0.15, 0.2) is 0 Å². The van der Waals surface area contributed by atoms with Gasteiger partial charge in [-0.15, -0.1) is 5.10 Å². The Bertz CT molecular complexity index is 1260. The number of nitrogens with zero attached hydrogens (tertiary/aromatic N) is 5. The lowest BCUT2D eigenvalue weighted by molar-refractivity contribution is 0.0151. The summed E-state index contributed by atoms with van der Waals surface area (Å²) in [5, 5.41) is 9.96. The summed E-state index contributed by atoms with van der Waals surface area (Å²) in [4.78, 5) is 39.6. The number of benzene rings is 3. The van der Waals surface area contributed by atoms with Gasteiger partial charge in [0.2, 0.25) is 0 Å². The van der Waals surface area contributed by atoms with E-state index in [0.29, 0.717) is 11.0 Å². The number of carbonyl (C=O) groups excluding carboxylic acids is 3. The van der Waals surface area contributed by atoms with Crippen LogP contribution in [0.1, 0.15) is 26.3 Å². The summed E-state index contributed by atoms with van der Waals surface area (Å²) in [5.74, 6) is -1.10. The standard InChI is InChI=1S/C22H15N5O3/c28-20-16-10-4-5-11-17(16)21(29)27(20)25(14-15-8-2-1-3-9-15)22(30)26-19-13-7-6-12-18(19)23-24-26/h1-13H,14H2. The van der Waals surface area contributed by atoms with E-state index in [1.54, 1.807) is 48.5 Å². The minimum Gasteiger partial charge on any atom is -0.267 e. The number of carbonyl (C=O) groups is 3. The molecule has 2 heterocycles. The fraction of sp³-hybridized carbons (Fsp3) is 0.0455. The van der Waals surface area contributed by atoms with E-state index >= 15 is 0 Å². The highest BCUT2D eigenvalue weighted by Crippen LogP contribution is 2.26. The maximum atomic E-state index is 13.5. The molecule has 0 fully saturated rings. The van der Waals surface area contributed by atoms with Crippen molar-refractivity contribution in [3.8, 4) is 0 Å². The highest BCUT2D eigenvalue weighted by Gasteiger charge is 2.42. The molecule has 3 aromatic carbocycles. The van der Waals surface area contributed by atoms with E-state index in [4.69, 9.17) is 0 Å². The Balaban J connectivity index is 1.60. The molecule has 0 spiro atoms. The normalized spacial score (nSPS) is 13.0. The molecular weight excluding hydrogens is 382 g/mol.